The zero-order valence-corrected chi connectivity index (χ0v) is 18.7. The molecule has 1 N–H and O–H groups in total. The Kier molecular flexibility index (Phi) is 6.17. The van der Waals surface area contributed by atoms with Crippen molar-refractivity contribution in [2.24, 2.45) is 0 Å². The molecular weight excluding hydrogens is 404 g/mol. The van der Waals surface area contributed by atoms with E-state index in [-0.39, 0.29) is 24.3 Å². The van der Waals surface area contributed by atoms with Crippen LogP contribution in [-0.4, -0.2) is 65.9 Å². The van der Waals surface area contributed by atoms with Crippen molar-refractivity contribution in [2.75, 3.05) is 37.7 Å². The molecule has 1 spiro atoms. The smallest absolute Gasteiger partial charge is 0.253 e. The number of hydrogen-bond donors (Lipinski definition) is 1. The van der Waals surface area contributed by atoms with Crippen molar-refractivity contribution in [1.29, 1.82) is 0 Å². The van der Waals surface area contributed by atoms with Crippen LogP contribution in [0.15, 0.2) is 54.6 Å². The molecule has 4 rings (SSSR count). The molecule has 0 aromatic heterocycles. The predicted molar refractivity (Wildman–Crippen MR) is 123 cm³/mol. The molecular formula is C25H30N4O3. The van der Waals surface area contributed by atoms with Gasteiger partial charge in [-0.1, -0.05) is 35.9 Å². The summed E-state index contributed by atoms with van der Waals surface area (Å²) in [5.74, 6) is -0.191. The molecule has 7 nitrogen and oxygen atoms in total. The Balaban J connectivity index is 1.55. The van der Waals surface area contributed by atoms with Crippen molar-refractivity contribution in [2.45, 2.75) is 32.2 Å². The summed E-state index contributed by atoms with van der Waals surface area (Å²) in [5.41, 5.74) is 2.00. The Hall–Kier alpha value is -3.35. The standard InChI is InChI=1S/C25H30N4O3/c1-3-26-22(30)17-28-18-29(21-7-5-4-6-8-21)25(24(28)32)13-15-27(16-14-25)23(31)20-11-9-19(2)10-12-20/h4-12H,3,13-18H2,1-2H3,(H,26,30). The van der Waals surface area contributed by atoms with E-state index in [1.165, 1.54) is 0 Å². The van der Waals surface area contributed by atoms with Gasteiger partial charge in [0.05, 0.1) is 6.67 Å². The highest BCUT2D eigenvalue weighted by atomic mass is 16.2. The molecule has 0 aliphatic carbocycles. The second-order valence-electron chi connectivity index (χ2n) is 8.55. The third-order valence-electron chi connectivity index (χ3n) is 6.47. The number of carbonyl (C=O) groups excluding carboxylic acids is 3. The summed E-state index contributed by atoms with van der Waals surface area (Å²) < 4.78 is 0. The Morgan fingerprint density at radius 2 is 1.66 bits per heavy atom. The Labute approximate surface area is 189 Å². The quantitative estimate of drug-likeness (QED) is 0.785. The number of likely N-dealkylation sites (N-methyl/N-ethyl adjacent to an activating group) is 1. The van der Waals surface area contributed by atoms with E-state index in [4.69, 9.17) is 0 Å². The number of para-hydroxylation sites is 1. The molecule has 2 aromatic carbocycles. The first-order valence-corrected chi connectivity index (χ1v) is 11.2. The summed E-state index contributed by atoms with van der Waals surface area (Å²) in [6.07, 6.45) is 1.06. The number of hydrogen-bond acceptors (Lipinski definition) is 4. The zero-order valence-electron chi connectivity index (χ0n) is 18.7. The lowest BCUT2D eigenvalue weighted by Crippen LogP contribution is -2.57. The molecule has 0 bridgehead atoms. The van der Waals surface area contributed by atoms with E-state index in [9.17, 15) is 14.4 Å². The molecule has 2 fully saturated rings. The van der Waals surface area contributed by atoms with E-state index in [1.807, 2.05) is 73.3 Å². The van der Waals surface area contributed by atoms with Gasteiger partial charge in [0.15, 0.2) is 0 Å². The summed E-state index contributed by atoms with van der Waals surface area (Å²) in [4.78, 5) is 44.4. The van der Waals surface area contributed by atoms with Crippen LogP contribution < -0.4 is 10.2 Å². The molecule has 0 atom stereocenters. The third-order valence-corrected chi connectivity index (χ3v) is 6.47. The minimum Gasteiger partial charge on any atom is -0.355 e. The van der Waals surface area contributed by atoms with E-state index >= 15 is 0 Å². The van der Waals surface area contributed by atoms with Gasteiger partial charge in [0.1, 0.15) is 12.1 Å². The summed E-state index contributed by atoms with van der Waals surface area (Å²) in [5, 5.41) is 2.78. The summed E-state index contributed by atoms with van der Waals surface area (Å²) >= 11 is 0. The van der Waals surface area contributed by atoms with Gasteiger partial charge in [-0.2, -0.15) is 0 Å². The Bertz CT molecular complexity index is 982. The highest BCUT2D eigenvalue weighted by molar-refractivity contribution is 5.97. The number of nitrogens with zero attached hydrogens (tertiary/aromatic N) is 3. The maximum Gasteiger partial charge on any atom is 0.253 e. The lowest BCUT2D eigenvalue weighted by Gasteiger charge is -2.43. The van der Waals surface area contributed by atoms with E-state index in [0.717, 1.165) is 11.3 Å². The van der Waals surface area contributed by atoms with Gasteiger partial charge >= 0.3 is 0 Å². The lowest BCUT2D eigenvalue weighted by atomic mass is 9.85. The number of benzene rings is 2. The first-order valence-electron chi connectivity index (χ1n) is 11.2. The summed E-state index contributed by atoms with van der Waals surface area (Å²) in [6, 6.07) is 17.4. The van der Waals surface area contributed by atoms with Crippen LogP contribution in [-0.2, 0) is 9.59 Å². The summed E-state index contributed by atoms with van der Waals surface area (Å²) in [7, 11) is 0. The van der Waals surface area contributed by atoms with Crippen LogP contribution >= 0.6 is 0 Å². The average Bonchev–Trinajstić information content (AvgIpc) is 3.06. The first kappa shape index (κ1) is 21.9. The van der Waals surface area contributed by atoms with E-state index in [0.29, 0.717) is 44.7 Å². The van der Waals surface area contributed by atoms with E-state index < -0.39 is 5.54 Å². The number of piperidine rings is 1. The van der Waals surface area contributed by atoms with Crippen molar-refractivity contribution >= 4 is 23.4 Å². The topological polar surface area (TPSA) is 73.0 Å². The highest BCUT2D eigenvalue weighted by Crippen LogP contribution is 2.39. The Morgan fingerprint density at radius 1 is 1.00 bits per heavy atom. The minimum atomic E-state index is -0.738. The molecule has 32 heavy (non-hydrogen) atoms. The van der Waals surface area contributed by atoms with Crippen molar-refractivity contribution in [3.8, 4) is 0 Å². The van der Waals surface area contributed by atoms with Gasteiger partial charge < -0.3 is 20.0 Å². The molecule has 2 aliphatic rings. The third kappa shape index (κ3) is 4.07. The van der Waals surface area contributed by atoms with Crippen LogP contribution in [0.1, 0.15) is 35.7 Å². The van der Waals surface area contributed by atoms with Crippen LogP contribution in [0.2, 0.25) is 0 Å². The van der Waals surface area contributed by atoms with E-state index in [1.54, 1.807) is 4.90 Å². The molecule has 3 amide bonds. The van der Waals surface area contributed by atoms with Crippen LogP contribution in [0, 0.1) is 6.92 Å². The molecule has 2 saturated heterocycles. The van der Waals surface area contributed by atoms with Crippen molar-refractivity contribution in [1.82, 2.24) is 15.1 Å². The molecule has 2 heterocycles. The lowest BCUT2D eigenvalue weighted by molar-refractivity contribution is -0.137. The SMILES string of the molecule is CCNC(=O)CN1CN(c2ccccc2)C2(CCN(C(=O)c3ccc(C)cc3)CC2)C1=O. The van der Waals surface area contributed by atoms with Gasteiger partial charge in [0, 0.05) is 30.9 Å². The van der Waals surface area contributed by atoms with Crippen molar-refractivity contribution in [3.05, 3.63) is 65.7 Å². The largest absolute Gasteiger partial charge is 0.355 e. The summed E-state index contributed by atoms with van der Waals surface area (Å²) in [6.45, 7) is 5.80. The number of likely N-dealkylation sites (tertiary alicyclic amines) is 1. The fourth-order valence-electron chi connectivity index (χ4n) is 4.71. The molecule has 0 unspecified atom stereocenters. The van der Waals surface area contributed by atoms with Gasteiger partial charge in [0.2, 0.25) is 5.91 Å². The van der Waals surface area contributed by atoms with Gasteiger partial charge in [-0.05, 0) is 51.0 Å². The molecule has 2 aromatic rings. The second kappa shape index (κ2) is 9.02. The first-order chi connectivity index (χ1) is 15.4. The molecule has 0 saturated carbocycles. The number of rotatable bonds is 5. The number of amides is 3. The normalized spacial score (nSPS) is 17.7. The molecule has 7 heteroatoms. The van der Waals surface area contributed by atoms with E-state index in [2.05, 4.69) is 10.2 Å². The number of anilines is 1. The fourth-order valence-corrected chi connectivity index (χ4v) is 4.71. The Morgan fingerprint density at radius 3 is 2.28 bits per heavy atom. The number of carbonyl (C=O) groups is 3. The molecule has 168 valence electrons. The fraction of sp³-hybridized carbons (Fsp3) is 0.400. The second-order valence-corrected chi connectivity index (χ2v) is 8.55. The van der Waals surface area contributed by atoms with Crippen LogP contribution in [0.3, 0.4) is 0 Å². The monoisotopic (exact) mass is 434 g/mol. The van der Waals surface area contributed by atoms with Crippen molar-refractivity contribution in [3.63, 3.8) is 0 Å². The zero-order chi connectivity index (χ0) is 22.7. The van der Waals surface area contributed by atoms with Crippen LogP contribution in [0.5, 0.6) is 0 Å². The predicted octanol–water partition coefficient (Wildman–Crippen LogP) is 2.41. The number of aryl methyl sites for hydroxylation is 1. The van der Waals surface area contributed by atoms with Crippen LogP contribution in [0.4, 0.5) is 5.69 Å². The average molecular weight is 435 g/mol. The van der Waals surface area contributed by atoms with Gasteiger partial charge in [0.25, 0.3) is 11.8 Å². The van der Waals surface area contributed by atoms with Gasteiger partial charge in [-0.3, -0.25) is 14.4 Å². The number of nitrogens with one attached hydrogen (secondary N) is 1. The molecule has 2 aliphatic heterocycles. The maximum atomic E-state index is 13.6. The molecule has 0 radical (unpaired) electrons. The van der Waals surface area contributed by atoms with Gasteiger partial charge in [-0.25, -0.2) is 0 Å². The maximum absolute atomic E-state index is 13.6. The van der Waals surface area contributed by atoms with Gasteiger partial charge in [-0.15, -0.1) is 0 Å². The van der Waals surface area contributed by atoms with Crippen LogP contribution in [0.25, 0.3) is 0 Å². The highest BCUT2D eigenvalue weighted by Gasteiger charge is 2.54. The minimum absolute atomic E-state index is 0.00395. The van der Waals surface area contributed by atoms with Crippen molar-refractivity contribution < 1.29 is 14.4 Å².